The highest BCUT2D eigenvalue weighted by atomic mass is 35.5. The molecule has 0 spiro atoms. The summed E-state index contributed by atoms with van der Waals surface area (Å²) in [4.78, 5) is 16.5. The van der Waals surface area contributed by atoms with Crippen molar-refractivity contribution in [3.05, 3.63) is 71.6 Å². The Kier molecular flexibility index (Phi) is 4.68. The number of pyridine rings is 1. The van der Waals surface area contributed by atoms with E-state index in [4.69, 9.17) is 11.6 Å². The van der Waals surface area contributed by atoms with Gasteiger partial charge in [0.2, 0.25) is 5.91 Å². The van der Waals surface area contributed by atoms with Gasteiger partial charge in [-0.25, -0.2) is 9.67 Å². The van der Waals surface area contributed by atoms with Crippen LogP contribution in [0.15, 0.2) is 61.1 Å². The molecule has 0 fully saturated rings. The number of benzene rings is 1. The number of hydrogen-bond acceptors (Lipinski definition) is 3. The molecule has 23 heavy (non-hydrogen) atoms. The van der Waals surface area contributed by atoms with Gasteiger partial charge in [-0.1, -0.05) is 29.8 Å². The normalized spacial score (nSPS) is 10.5. The Bertz CT molecular complexity index is 802. The predicted molar refractivity (Wildman–Crippen MR) is 89.8 cm³/mol. The fraction of sp³-hybridized carbons (Fsp3) is 0.118. The lowest BCUT2D eigenvalue weighted by atomic mass is 10.1. The van der Waals surface area contributed by atoms with E-state index < -0.39 is 0 Å². The molecule has 1 N–H and O–H groups in total. The van der Waals surface area contributed by atoms with Crippen LogP contribution in [0.3, 0.4) is 0 Å². The minimum absolute atomic E-state index is 0.0914. The van der Waals surface area contributed by atoms with Crippen molar-refractivity contribution in [1.82, 2.24) is 14.8 Å². The average molecular weight is 327 g/mol. The highest BCUT2D eigenvalue weighted by Gasteiger charge is 2.10. The van der Waals surface area contributed by atoms with Crippen LogP contribution in [0.25, 0.3) is 5.82 Å². The highest BCUT2D eigenvalue weighted by molar-refractivity contribution is 6.31. The van der Waals surface area contributed by atoms with Crippen LogP contribution in [0.5, 0.6) is 0 Å². The maximum atomic E-state index is 12.2. The third-order valence-electron chi connectivity index (χ3n) is 3.36. The number of carbonyl (C=O) groups is 1. The Labute approximate surface area is 138 Å². The van der Waals surface area contributed by atoms with Gasteiger partial charge in [-0.3, -0.25) is 4.79 Å². The fourth-order valence-electron chi connectivity index (χ4n) is 2.23. The molecule has 3 rings (SSSR count). The molecule has 0 saturated carbocycles. The standard InChI is InChI=1S/C17H15ClN4O/c18-14-6-2-1-5-13(14)8-9-16(23)21-15-7-3-10-19-17(15)22-12-4-11-20-22/h1-7,10-12H,8-9H2,(H,21,23). The van der Waals surface area contributed by atoms with Crippen molar-refractivity contribution >= 4 is 23.2 Å². The summed E-state index contributed by atoms with van der Waals surface area (Å²) in [6.07, 6.45) is 6.04. The number of nitrogens with one attached hydrogen (secondary N) is 1. The van der Waals surface area contributed by atoms with Crippen molar-refractivity contribution < 1.29 is 4.79 Å². The lowest BCUT2D eigenvalue weighted by Gasteiger charge is -2.10. The molecule has 2 heterocycles. The van der Waals surface area contributed by atoms with Gasteiger partial charge in [-0.15, -0.1) is 0 Å². The van der Waals surface area contributed by atoms with Gasteiger partial charge in [0.15, 0.2) is 5.82 Å². The molecule has 0 saturated heterocycles. The number of rotatable bonds is 5. The monoisotopic (exact) mass is 326 g/mol. The second-order valence-electron chi connectivity index (χ2n) is 4.96. The molecule has 1 amide bonds. The molecule has 0 aliphatic heterocycles. The van der Waals surface area contributed by atoms with Gasteiger partial charge in [0.25, 0.3) is 0 Å². The SMILES string of the molecule is O=C(CCc1ccccc1Cl)Nc1cccnc1-n1cccn1. The van der Waals surface area contributed by atoms with Crippen LogP contribution in [0.4, 0.5) is 5.69 Å². The molecule has 5 nitrogen and oxygen atoms in total. The van der Waals surface area contributed by atoms with Crippen LogP contribution in [0, 0.1) is 0 Å². The Balaban J connectivity index is 1.68. The predicted octanol–water partition coefficient (Wildman–Crippen LogP) is 3.49. The number of halogens is 1. The fourth-order valence-corrected chi connectivity index (χ4v) is 2.46. The smallest absolute Gasteiger partial charge is 0.224 e. The molecule has 0 bridgehead atoms. The zero-order chi connectivity index (χ0) is 16.1. The molecular formula is C17H15ClN4O. The minimum atomic E-state index is -0.0914. The van der Waals surface area contributed by atoms with Crippen LogP contribution in [-0.2, 0) is 11.2 Å². The van der Waals surface area contributed by atoms with Gasteiger partial charge in [0, 0.05) is 30.0 Å². The Morgan fingerprint density at radius 3 is 2.78 bits per heavy atom. The minimum Gasteiger partial charge on any atom is -0.323 e. The van der Waals surface area contributed by atoms with Crippen LogP contribution in [-0.4, -0.2) is 20.7 Å². The Morgan fingerprint density at radius 2 is 2.00 bits per heavy atom. The molecule has 2 aromatic heterocycles. The molecule has 0 aliphatic rings. The second-order valence-corrected chi connectivity index (χ2v) is 5.37. The number of carbonyl (C=O) groups excluding carboxylic acids is 1. The van der Waals surface area contributed by atoms with Crippen molar-refractivity contribution in [2.24, 2.45) is 0 Å². The van der Waals surface area contributed by atoms with E-state index in [9.17, 15) is 4.79 Å². The van der Waals surface area contributed by atoms with E-state index >= 15 is 0 Å². The zero-order valence-corrected chi connectivity index (χ0v) is 13.1. The second kappa shape index (κ2) is 7.07. The van der Waals surface area contributed by atoms with Crippen LogP contribution in [0.2, 0.25) is 5.02 Å². The van der Waals surface area contributed by atoms with E-state index in [1.807, 2.05) is 24.3 Å². The summed E-state index contributed by atoms with van der Waals surface area (Å²) in [6, 6.07) is 12.9. The lowest BCUT2D eigenvalue weighted by Crippen LogP contribution is -2.15. The van der Waals surface area contributed by atoms with E-state index in [1.54, 1.807) is 41.5 Å². The van der Waals surface area contributed by atoms with Gasteiger partial charge in [-0.05, 0) is 36.2 Å². The van der Waals surface area contributed by atoms with Crippen molar-refractivity contribution in [1.29, 1.82) is 0 Å². The van der Waals surface area contributed by atoms with E-state index in [2.05, 4.69) is 15.4 Å². The summed E-state index contributed by atoms with van der Waals surface area (Å²) in [6.45, 7) is 0. The summed E-state index contributed by atoms with van der Waals surface area (Å²) < 4.78 is 1.61. The largest absolute Gasteiger partial charge is 0.323 e. The van der Waals surface area contributed by atoms with Crippen molar-refractivity contribution in [2.75, 3.05) is 5.32 Å². The summed E-state index contributed by atoms with van der Waals surface area (Å²) in [5.41, 5.74) is 1.59. The number of aromatic nitrogens is 3. The molecular weight excluding hydrogens is 312 g/mol. The lowest BCUT2D eigenvalue weighted by molar-refractivity contribution is -0.116. The highest BCUT2D eigenvalue weighted by Crippen LogP contribution is 2.19. The number of nitrogens with zero attached hydrogens (tertiary/aromatic N) is 3. The molecule has 0 aliphatic carbocycles. The zero-order valence-electron chi connectivity index (χ0n) is 12.3. The topological polar surface area (TPSA) is 59.8 Å². The van der Waals surface area contributed by atoms with Gasteiger partial charge >= 0.3 is 0 Å². The van der Waals surface area contributed by atoms with Crippen LogP contribution < -0.4 is 5.32 Å². The molecule has 1 aromatic carbocycles. The summed E-state index contributed by atoms with van der Waals surface area (Å²) in [5.74, 6) is 0.495. The maximum Gasteiger partial charge on any atom is 0.224 e. The third kappa shape index (κ3) is 3.76. The maximum absolute atomic E-state index is 12.2. The van der Waals surface area contributed by atoms with E-state index in [0.717, 1.165) is 5.56 Å². The summed E-state index contributed by atoms with van der Waals surface area (Å²) >= 11 is 6.11. The number of anilines is 1. The molecule has 6 heteroatoms. The van der Waals surface area contributed by atoms with E-state index in [-0.39, 0.29) is 5.91 Å². The van der Waals surface area contributed by atoms with Crippen molar-refractivity contribution in [2.45, 2.75) is 12.8 Å². The van der Waals surface area contributed by atoms with Crippen molar-refractivity contribution in [3.8, 4) is 5.82 Å². The third-order valence-corrected chi connectivity index (χ3v) is 3.73. The van der Waals surface area contributed by atoms with Crippen molar-refractivity contribution in [3.63, 3.8) is 0 Å². The first kappa shape index (κ1) is 15.2. The van der Waals surface area contributed by atoms with Gasteiger partial charge in [0.05, 0.1) is 5.69 Å². The summed E-state index contributed by atoms with van der Waals surface area (Å²) in [5, 5.41) is 7.71. The summed E-state index contributed by atoms with van der Waals surface area (Å²) in [7, 11) is 0. The van der Waals surface area contributed by atoms with E-state index in [0.29, 0.717) is 29.4 Å². The first-order chi connectivity index (χ1) is 11.2. The Morgan fingerprint density at radius 1 is 1.13 bits per heavy atom. The van der Waals surface area contributed by atoms with Gasteiger partial charge in [-0.2, -0.15) is 5.10 Å². The average Bonchev–Trinajstić information content (AvgIpc) is 3.09. The first-order valence-corrected chi connectivity index (χ1v) is 7.60. The molecule has 116 valence electrons. The molecule has 3 aromatic rings. The van der Waals surface area contributed by atoms with Gasteiger partial charge in [0.1, 0.15) is 0 Å². The molecule has 0 radical (unpaired) electrons. The quantitative estimate of drug-likeness (QED) is 0.780. The number of hydrogen-bond donors (Lipinski definition) is 1. The number of aryl methyl sites for hydroxylation is 1. The number of amides is 1. The molecule has 0 unspecified atom stereocenters. The molecule has 0 atom stereocenters. The van der Waals surface area contributed by atoms with Gasteiger partial charge < -0.3 is 5.32 Å². The Hall–Kier alpha value is -2.66. The first-order valence-electron chi connectivity index (χ1n) is 7.22. The van der Waals surface area contributed by atoms with Crippen LogP contribution >= 0.6 is 11.6 Å². The van der Waals surface area contributed by atoms with Crippen LogP contribution in [0.1, 0.15) is 12.0 Å². The van der Waals surface area contributed by atoms with E-state index in [1.165, 1.54) is 0 Å².